The van der Waals surface area contributed by atoms with Gasteiger partial charge in [-0.25, -0.2) is 9.67 Å². The van der Waals surface area contributed by atoms with Crippen LogP contribution in [0, 0.1) is 10.1 Å². The van der Waals surface area contributed by atoms with Crippen LogP contribution in [0.15, 0.2) is 55.1 Å². The summed E-state index contributed by atoms with van der Waals surface area (Å²) in [4.78, 5) is 28.7. The minimum Gasteiger partial charge on any atom is -0.337 e. The Bertz CT molecular complexity index is 942. The highest BCUT2D eigenvalue weighted by molar-refractivity contribution is 6.30. The van der Waals surface area contributed by atoms with Crippen molar-refractivity contribution in [3.63, 3.8) is 0 Å². The fourth-order valence-electron chi connectivity index (χ4n) is 2.48. The first-order valence-corrected chi connectivity index (χ1v) is 7.97. The Morgan fingerprint density at radius 2 is 2.00 bits per heavy atom. The SMILES string of the molecule is CN(Cc1ccc(Cl)cc1)C(=O)c1ccc(-n2cncn2)c([N+](=O)[O-])c1. The Labute approximate surface area is 153 Å². The lowest BCUT2D eigenvalue weighted by Crippen LogP contribution is -2.26. The van der Waals surface area contributed by atoms with Gasteiger partial charge < -0.3 is 4.90 Å². The molecule has 0 fully saturated rings. The van der Waals surface area contributed by atoms with Crippen molar-refractivity contribution < 1.29 is 9.72 Å². The summed E-state index contributed by atoms with van der Waals surface area (Å²) < 4.78 is 1.28. The van der Waals surface area contributed by atoms with Gasteiger partial charge in [-0.2, -0.15) is 5.10 Å². The van der Waals surface area contributed by atoms with Crippen molar-refractivity contribution in [3.05, 3.63) is 81.4 Å². The smallest absolute Gasteiger partial charge is 0.295 e. The van der Waals surface area contributed by atoms with Crippen LogP contribution in [0.2, 0.25) is 5.02 Å². The first-order valence-electron chi connectivity index (χ1n) is 7.59. The lowest BCUT2D eigenvalue weighted by molar-refractivity contribution is -0.384. The molecule has 0 bridgehead atoms. The number of nitro groups is 1. The molecule has 0 N–H and O–H groups in total. The van der Waals surface area contributed by atoms with Gasteiger partial charge in [-0.15, -0.1) is 0 Å². The van der Waals surface area contributed by atoms with Gasteiger partial charge in [0, 0.05) is 30.2 Å². The standard InChI is InChI=1S/C17H14ClN5O3/c1-21(9-12-2-5-14(18)6-3-12)17(24)13-4-7-15(16(8-13)23(25)26)22-11-19-10-20-22/h2-8,10-11H,9H2,1H3. The molecule has 0 aliphatic heterocycles. The van der Waals surface area contributed by atoms with E-state index in [0.717, 1.165) is 5.56 Å². The van der Waals surface area contributed by atoms with E-state index in [-0.39, 0.29) is 22.8 Å². The number of halogens is 1. The van der Waals surface area contributed by atoms with Crippen LogP contribution in [0.5, 0.6) is 0 Å². The van der Waals surface area contributed by atoms with Crippen LogP contribution >= 0.6 is 11.6 Å². The van der Waals surface area contributed by atoms with Gasteiger partial charge in [-0.1, -0.05) is 23.7 Å². The van der Waals surface area contributed by atoms with E-state index in [0.29, 0.717) is 11.6 Å². The number of rotatable bonds is 5. The molecular weight excluding hydrogens is 358 g/mol. The summed E-state index contributed by atoms with van der Waals surface area (Å²) in [5, 5.41) is 15.9. The number of carbonyl (C=O) groups excluding carboxylic acids is 1. The Morgan fingerprint density at radius 1 is 1.27 bits per heavy atom. The zero-order valence-corrected chi connectivity index (χ0v) is 14.5. The summed E-state index contributed by atoms with van der Waals surface area (Å²) >= 11 is 5.85. The topological polar surface area (TPSA) is 94.2 Å². The Hall–Kier alpha value is -3.26. The van der Waals surface area contributed by atoms with Crippen molar-refractivity contribution in [2.45, 2.75) is 6.54 Å². The number of amides is 1. The van der Waals surface area contributed by atoms with Gasteiger partial charge in [0.25, 0.3) is 11.6 Å². The molecule has 132 valence electrons. The van der Waals surface area contributed by atoms with E-state index < -0.39 is 4.92 Å². The molecule has 0 saturated heterocycles. The van der Waals surface area contributed by atoms with Gasteiger partial charge in [0.2, 0.25) is 0 Å². The predicted molar refractivity (Wildman–Crippen MR) is 95.3 cm³/mol. The molecule has 3 aromatic rings. The predicted octanol–water partition coefficient (Wildman–Crippen LogP) is 3.10. The molecule has 0 unspecified atom stereocenters. The molecular formula is C17H14ClN5O3. The number of aromatic nitrogens is 3. The first-order chi connectivity index (χ1) is 12.5. The van der Waals surface area contributed by atoms with E-state index in [9.17, 15) is 14.9 Å². The van der Waals surface area contributed by atoms with Crippen LogP contribution in [0.3, 0.4) is 0 Å². The molecule has 0 aliphatic carbocycles. The second-order valence-corrected chi connectivity index (χ2v) is 6.02. The van der Waals surface area contributed by atoms with Crippen molar-refractivity contribution >= 4 is 23.2 Å². The highest BCUT2D eigenvalue weighted by Crippen LogP contribution is 2.24. The van der Waals surface area contributed by atoms with Crippen LogP contribution in [0.25, 0.3) is 5.69 Å². The lowest BCUT2D eigenvalue weighted by Gasteiger charge is -2.17. The van der Waals surface area contributed by atoms with Crippen molar-refractivity contribution in [1.29, 1.82) is 0 Å². The van der Waals surface area contributed by atoms with E-state index in [2.05, 4.69) is 10.1 Å². The fourth-order valence-corrected chi connectivity index (χ4v) is 2.61. The minimum absolute atomic E-state index is 0.219. The van der Waals surface area contributed by atoms with Gasteiger partial charge in [0.15, 0.2) is 0 Å². The van der Waals surface area contributed by atoms with Crippen LogP contribution in [-0.4, -0.2) is 37.5 Å². The monoisotopic (exact) mass is 371 g/mol. The summed E-state index contributed by atoms with van der Waals surface area (Å²) in [7, 11) is 1.63. The Kier molecular flexibility index (Phi) is 4.94. The van der Waals surface area contributed by atoms with Gasteiger partial charge in [0.1, 0.15) is 18.3 Å². The molecule has 1 aromatic heterocycles. The van der Waals surface area contributed by atoms with Crippen molar-refractivity contribution in [2.24, 2.45) is 0 Å². The zero-order chi connectivity index (χ0) is 18.7. The number of carbonyl (C=O) groups is 1. The minimum atomic E-state index is -0.549. The molecule has 0 saturated carbocycles. The van der Waals surface area contributed by atoms with Crippen LogP contribution in [-0.2, 0) is 6.54 Å². The van der Waals surface area contributed by atoms with Gasteiger partial charge in [-0.05, 0) is 29.8 Å². The molecule has 1 heterocycles. The van der Waals surface area contributed by atoms with Crippen molar-refractivity contribution in [3.8, 4) is 5.69 Å². The average Bonchev–Trinajstić information content (AvgIpc) is 3.17. The summed E-state index contributed by atoms with van der Waals surface area (Å²) in [5.41, 5.74) is 1.14. The molecule has 0 radical (unpaired) electrons. The van der Waals surface area contributed by atoms with E-state index in [4.69, 9.17) is 11.6 Å². The van der Waals surface area contributed by atoms with Crippen LogP contribution in [0.1, 0.15) is 15.9 Å². The Balaban J connectivity index is 1.86. The Morgan fingerprint density at radius 3 is 2.62 bits per heavy atom. The molecule has 26 heavy (non-hydrogen) atoms. The van der Waals surface area contributed by atoms with E-state index in [1.807, 2.05) is 12.1 Å². The number of nitrogens with zero attached hydrogens (tertiary/aromatic N) is 5. The number of benzene rings is 2. The summed E-state index contributed by atoms with van der Waals surface area (Å²) in [6.07, 6.45) is 2.64. The normalized spacial score (nSPS) is 10.5. The van der Waals surface area contributed by atoms with E-state index >= 15 is 0 Å². The van der Waals surface area contributed by atoms with Crippen LogP contribution < -0.4 is 0 Å². The van der Waals surface area contributed by atoms with E-state index in [1.54, 1.807) is 19.2 Å². The molecule has 9 heteroatoms. The quantitative estimate of drug-likeness (QED) is 0.507. The van der Waals surface area contributed by atoms with Crippen molar-refractivity contribution in [2.75, 3.05) is 7.05 Å². The number of nitro benzene ring substituents is 1. The molecule has 0 spiro atoms. The number of hydrogen-bond acceptors (Lipinski definition) is 5. The second-order valence-electron chi connectivity index (χ2n) is 5.59. The summed E-state index contributed by atoms with van der Waals surface area (Å²) in [6.45, 7) is 0.356. The maximum atomic E-state index is 12.6. The maximum Gasteiger partial charge on any atom is 0.295 e. The van der Waals surface area contributed by atoms with Gasteiger partial charge in [-0.3, -0.25) is 14.9 Å². The molecule has 0 aliphatic rings. The third-order valence-corrected chi connectivity index (χ3v) is 4.02. The molecule has 2 aromatic carbocycles. The third-order valence-electron chi connectivity index (χ3n) is 3.76. The van der Waals surface area contributed by atoms with Gasteiger partial charge in [0.05, 0.1) is 4.92 Å². The third kappa shape index (κ3) is 3.70. The largest absolute Gasteiger partial charge is 0.337 e. The lowest BCUT2D eigenvalue weighted by atomic mass is 10.1. The molecule has 3 rings (SSSR count). The maximum absolute atomic E-state index is 12.6. The summed E-state index contributed by atoms with van der Waals surface area (Å²) in [6, 6.07) is 11.4. The first kappa shape index (κ1) is 17.6. The van der Waals surface area contributed by atoms with E-state index in [1.165, 1.54) is 40.4 Å². The highest BCUT2D eigenvalue weighted by atomic mass is 35.5. The average molecular weight is 372 g/mol. The molecule has 8 nitrogen and oxygen atoms in total. The van der Waals surface area contributed by atoms with Crippen LogP contribution in [0.4, 0.5) is 5.69 Å². The van der Waals surface area contributed by atoms with Crippen molar-refractivity contribution in [1.82, 2.24) is 19.7 Å². The molecule has 1 amide bonds. The number of hydrogen-bond donors (Lipinski definition) is 0. The highest BCUT2D eigenvalue weighted by Gasteiger charge is 2.21. The summed E-state index contributed by atoms with van der Waals surface area (Å²) in [5.74, 6) is -0.326. The zero-order valence-electron chi connectivity index (χ0n) is 13.7. The molecule has 0 atom stereocenters. The van der Waals surface area contributed by atoms with Gasteiger partial charge >= 0.3 is 0 Å². The fraction of sp³-hybridized carbons (Fsp3) is 0.118. The second kappa shape index (κ2) is 7.32.